The quantitative estimate of drug-likeness (QED) is 0.794. The molecule has 0 spiro atoms. The molecule has 3 heteroatoms. The maximum atomic E-state index is 12.2. The van der Waals surface area contributed by atoms with E-state index in [1.165, 1.54) is 0 Å². The van der Waals surface area contributed by atoms with Crippen molar-refractivity contribution in [3.63, 3.8) is 0 Å². The average Bonchev–Trinajstić information content (AvgIpc) is 2.40. The van der Waals surface area contributed by atoms with Crippen LogP contribution < -0.4 is 11.1 Å². The number of amides is 1. The van der Waals surface area contributed by atoms with Crippen LogP contribution in [0.4, 0.5) is 0 Å². The summed E-state index contributed by atoms with van der Waals surface area (Å²) in [7, 11) is 0. The minimum absolute atomic E-state index is 0.0123. The molecule has 19 heavy (non-hydrogen) atoms. The molecule has 0 saturated heterocycles. The van der Waals surface area contributed by atoms with Crippen LogP contribution in [0.5, 0.6) is 0 Å². The van der Waals surface area contributed by atoms with Crippen molar-refractivity contribution in [1.82, 2.24) is 5.32 Å². The van der Waals surface area contributed by atoms with Gasteiger partial charge in [0.25, 0.3) is 5.91 Å². The largest absolute Gasteiger partial charge is 0.349 e. The summed E-state index contributed by atoms with van der Waals surface area (Å²) in [4.78, 5) is 12.2. The molecule has 3 N–H and O–H groups in total. The molecule has 1 amide bonds. The van der Waals surface area contributed by atoms with Gasteiger partial charge in [-0.2, -0.15) is 0 Å². The molecule has 0 aromatic heterocycles. The minimum Gasteiger partial charge on any atom is -0.349 e. The van der Waals surface area contributed by atoms with Gasteiger partial charge >= 0.3 is 0 Å². The summed E-state index contributed by atoms with van der Waals surface area (Å²) >= 11 is 0. The Morgan fingerprint density at radius 1 is 1.32 bits per heavy atom. The molecule has 0 aliphatic carbocycles. The van der Waals surface area contributed by atoms with E-state index in [9.17, 15) is 4.79 Å². The molecule has 1 aromatic rings. The van der Waals surface area contributed by atoms with Crippen LogP contribution in [-0.4, -0.2) is 18.5 Å². The molecule has 1 aromatic carbocycles. The highest BCUT2D eigenvalue weighted by atomic mass is 16.1. The number of nitrogens with one attached hydrogen (secondary N) is 1. The Labute approximate surface area is 116 Å². The van der Waals surface area contributed by atoms with Crippen molar-refractivity contribution in [3.05, 3.63) is 35.4 Å². The maximum Gasteiger partial charge on any atom is 0.251 e. The number of nitrogens with two attached hydrogens (primary N) is 1. The van der Waals surface area contributed by atoms with Crippen molar-refractivity contribution in [1.29, 1.82) is 0 Å². The van der Waals surface area contributed by atoms with Gasteiger partial charge in [0, 0.05) is 11.6 Å². The maximum absolute atomic E-state index is 12.2. The fourth-order valence-electron chi connectivity index (χ4n) is 2.44. The predicted molar refractivity (Wildman–Crippen MR) is 80.2 cm³/mol. The summed E-state index contributed by atoms with van der Waals surface area (Å²) in [6.45, 7) is 7.02. The van der Waals surface area contributed by atoms with E-state index in [1.54, 1.807) is 0 Å². The lowest BCUT2D eigenvalue weighted by Gasteiger charge is -2.22. The topological polar surface area (TPSA) is 55.1 Å². The van der Waals surface area contributed by atoms with Crippen molar-refractivity contribution in [2.75, 3.05) is 6.54 Å². The van der Waals surface area contributed by atoms with E-state index in [0.29, 0.717) is 12.5 Å². The average molecular weight is 262 g/mol. The van der Waals surface area contributed by atoms with Gasteiger partial charge in [-0.1, -0.05) is 38.8 Å². The number of hydrogen-bond acceptors (Lipinski definition) is 2. The van der Waals surface area contributed by atoms with Gasteiger partial charge in [-0.15, -0.1) is 0 Å². The molecule has 1 unspecified atom stereocenters. The van der Waals surface area contributed by atoms with Gasteiger partial charge in [0.2, 0.25) is 0 Å². The van der Waals surface area contributed by atoms with Crippen LogP contribution in [-0.2, 0) is 6.42 Å². The second-order valence-corrected chi connectivity index (χ2v) is 5.08. The standard InChI is InChI=1S/C16H26N2O/c1-4-14(5-2)12(3)18-16(19)15-8-6-7-13(11-15)9-10-17/h6-8,11-12,14H,4-5,9-10,17H2,1-3H3,(H,18,19). The molecular weight excluding hydrogens is 236 g/mol. The Balaban J connectivity index is 2.69. The number of rotatable bonds is 7. The first-order valence-electron chi connectivity index (χ1n) is 7.22. The SMILES string of the molecule is CCC(CC)C(C)NC(=O)c1cccc(CCN)c1. The third-order valence-corrected chi connectivity index (χ3v) is 3.74. The summed E-state index contributed by atoms with van der Waals surface area (Å²) in [5.41, 5.74) is 7.38. The number of carbonyl (C=O) groups excluding carboxylic acids is 1. The van der Waals surface area contributed by atoms with Crippen molar-refractivity contribution < 1.29 is 4.79 Å². The van der Waals surface area contributed by atoms with Crippen LogP contribution in [0.15, 0.2) is 24.3 Å². The van der Waals surface area contributed by atoms with Gasteiger partial charge in [-0.3, -0.25) is 4.79 Å². The molecule has 1 atom stereocenters. The zero-order valence-electron chi connectivity index (χ0n) is 12.3. The zero-order chi connectivity index (χ0) is 14.3. The molecule has 0 heterocycles. The number of carbonyl (C=O) groups is 1. The van der Waals surface area contributed by atoms with Gasteiger partial charge in [0.1, 0.15) is 0 Å². The van der Waals surface area contributed by atoms with Crippen molar-refractivity contribution >= 4 is 5.91 Å². The lowest BCUT2D eigenvalue weighted by Crippen LogP contribution is -2.37. The van der Waals surface area contributed by atoms with Crippen LogP contribution in [0.25, 0.3) is 0 Å². The van der Waals surface area contributed by atoms with Crippen molar-refractivity contribution in [2.24, 2.45) is 11.7 Å². The van der Waals surface area contributed by atoms with Gasteiger partial charge in [0.05, 0.1) is 0 Å². The van der Waals surface area contributed by atoms with Crippen molar-refractivity contribution in [2.45, 2.75) is 46.1 Å². The summed E-state index contributed by atoms with van der Waals surface area (Å²) in [5, 5.41) is 3.10. The third-order valence-electron chi connectivity index (χ3n) is 3.74. The first kappa shape index (κ1) is 15.7. The second kappa shape index (κ2) is 7.95. The second-order valence-electron chi connectivity index (χ2n) is 5.08. The lowest BCUT2D eigenvalue weighted by atomic mass is 9.95. The summed E-state index contributed by atoms with van der Waals surface area (Å²) in [5.74, 6) is 0.550. The van der Waals surface area contributed by atoms with Gasteiger partial charge < -0.3 is 11.1 Å². The third kappa shape index (κ3) is 4.67. The molecule has 0 saturated carbocycles. The van der Waals surface area contributed by atoms with E-state index in [0.717, 1.165) is 30.4 Å². The molecule has 0 aliphatic rings. The Morgan fingerprint density at radius 3 is 2.58 bits per heavy atom. The Kier molecular flexibility index (Phi) is 6.57. The smallest absolute Gasteiger partial charge is 0.251 e. The Hall–Kier alpha value is -1.35. The zero-order valence-corrected chi connectivity index (χ0v) is 12.3. The first-order chi connectivity index (χ1) is 9.12. The fraction of sp³-hybridized carbons (Fsp3) is 0.562. The van der Waals surface area contributed by atoms with Crippen LogP contribution in [0.3, 0.4) is 0 Å². The van der Waals surface area contributed by atoms with E-state index in [-0.39, 0.29) is 11.9 Å². The van der Waals surface area contributed by atoms with Crippen LogP contribution in [0, 0.1) is 5.92 Å². The Bertz CT molecular complexity index is 399. The molecule has 106 valence electrons. The van der Waals surface area contributed by atoms with E-state index in [2.05, 4.69) is 26.1 Å². The molecule has 0 radical (unpaired) electrons. The summed E-state index contributed by atoms with van der Waals surface area (Å²) in [6, 6.07) is 7.92. The summed E-state index contributed by atoms with van der Waals surface area (Å²) < 4.78 is 0. The number of hydrogen-bond donors (Lipinski definition) is 2. The lowest BCUT2D eigenvalue weighted by molar-refractivity contribution is 0.0925. The predicted octanol–water partition coefficient (Wildman–Crippen LogP) is 2.74. The first-order valence-corrected chi connectivity index (χ1v) is 7.22. The highest BCUT2D eigenvalue weighted by Crippen LogP contribution is 2.13. The normalized spacial score (nSPS) is 12.5. The number of benzene rings is 1. The van der Waals surface area contributed by atoms with Gasteiger partial charge in [-0.05, 0) is 43.5 Å². The van der Waals surface area contributed by atoms with Crippen LogP contribution >= 0.6 is 0 Å². The van der Waals surface area contributed by atoms with Gasteiger partial charge in [-0.25, -0.2) is 0 Å². The van der Waals surface area contributed by atoms with E-state index in [1.807, 2.05) is 24.3 Å². The molecule has 0 fully saturated rings. The molecule has 0 bridgehead atoms. The van der Waals surface area contributed by atoms with Crippen LogP contribution in [0.2, 0.25) is 0 Å². The van der Waals surface area contributed by atoms with Gasteiger partial charge in [0.15, 0.2) is 0 Å². The highest BCUT2D eigenvalue weighted by molar-refractivity contribution is 5.94. The molecule has 1 rings (SSSR count). The van der Waals surface area contributed by atoms with Crippen molar-refractivity contribution in [3.8, 4) is 0 Å². The highest BCUT2D eigenvalue weighted by Gasteiger charge is 2.16. The van der Waals surface area contributed by atoms with E-state index < -0.39 is 0 Å². The molecular formula is C16H26N2O. The van der Waals surface area contributed by atoms with Crippen LogP contribution in [0.1, 0.15) is 49.5 Å². The molecule has 3 nitrogen and oxygen atoms in total. The monoisotopic (exact) mass is 262 g/mol. The minimum atomic E-state index is 0.0123. The Morgan fingerprint density at radius 2 is 2.00 bits per heavy atom. The van der Waals surface area contributed by atoms with E-state index >= 15 is 0 Å². The van der Waals surface area contributed by atoms with E-state index in [4.69, 9.17) is 5.73 Å². The summed E-state index contributed by atoms with van der Waals surface area (Å²) in [6.07, 6.45) is 2.99. The fourth-order valence-corrected chi connectivity index (χ4v) is 2.44. The molecule has 0 aliphatic heterocycles.